The van der Waals surface area contributed by atoms with E-state index in [1.54, 1.807) is 6.26 Å². The summed E-state index contributed by atoms with van der Waals surface area (Å²) in [7, 11) is -3.61. The van der Waals surface area contributed by atoms with Gasteiger partial charge in [0.15, 0.2) is 9.84 Å². The molecule has 0 bridgehead atoms. The van der Waals surface area contributed by atoms with E-state index in [9.17, 15) is 26.4 Å². The van der Waals surface area contributed by atoms with Crippen molar-refractivity contribution in [1.29, 1.82) is 0 Å². The van der Waals surface area contributed by atoms with Gasteiger partial charge in [-0.2, -0.15) is 13.2 Å². The van der Waals surface area contributed by atoms with Crippen molar-refractivity contribution >= 4 is 45.7 Å². The third-order valence-electron chi connectivity index (χ3n) is 5.16. The molecule has 3 rings (SSSR count). The maximum atomic E-state index is 13.6. The van der Waals surface area contributed by atoms with Crippen molar-refractivity contribution in [3.05, 3.63) is 51.7 Å². The molecule has 0 aromatic heterocycles. The summed E-state index contributed by atoms with van der Waals surface area (Å²) in [5.74, 6) is -1.88. The Hall–Kier alpha value is -1.82. The standard InChI is InChI=1S/C20H20ClF3N2O4S2/c1-3-32(28,29)18-5-4-14(21)6-12(18)9-26-11-25-17-7-13(10-30-31-2)16(20(22,23)24)8-15(17)19(26)27/h4-7,11,15H,3,8-10H2,1-2H3. The third-order valence-corrected chi connectivity index (χ3v) is 7.57. The van der Waals surface area contributed by atoms with Gasteiger partial charge in [-0.3, -0.25) is 9.69 Å². The molecule has 1 amide bonds. The smallest absolute Gasteiger partial charge is 0.311 e. The Balaban J connectivity index is 1.94. The van der Waals surface area contributed by atoms with Crippen LogP contribution in [0.2, 0.25) is 5.02 Å². The van der Waals surface area contributed by atoms with Gasteiger partial charge in [0.05, 0.1) is 41.8 Å². The second-order valence-corrected chi connectivity index (χ2v) is 10.4. The molecule has 32 heavy (non-hydrogen) atoms. The number of hydrogen-bond donors (Lipinski definition) is 0. The van der Waals surface area contributed by atoms with Crippen molar-refractivity contribution in [2.45, 2.75) is 31.0 Å². The molecule has 1 aliphatic carbocycles. The van der Waals surface area contributed by atoms with Gasteiger partial charge in [-0.1, -0.05) is 18.5 Å². The lowest BCUT2D eigenvalue weighted by atomic mass is 9.85. The Kier molecular flexibility index (Phi) is 7.43. The van der Waals surface area contributed by atoms with Gasteiger partial charge >= 0.3 is 6.18 Å². The van der Waals surface area contributed by atoms with Crippen molar-refractivity contribution in [3.63, 3.8) is 0 Å². The van der Waals surface area contributed by atoms with Crippen LogP contribution in [0.5, 0.6) is 0 Å². The van der Waals surface area contributed by atoms with Crippen LogP contribution in [-0.4, -0.2) is 50.4 Å². The molecule has 1 heterocycles. The molecule has 12 heteroatoms. The second-order valence-electron chi connectivity index (χ2n) is 7.12. The number of sulfone groups is 1. The number of carbonyl (C=O) groups is 1. The van der Waals surface area contributed by atoms with Crippen LogP contribution in [0.25, 0.3) is 0 Å². The maximum absolute atomic E-state index is 13.6. The van der Waals surface area contributed by atoms with Gasteiger partial charge in [0.2, 0.25) is 5.91 Å². The van der Waals surface area contributed by atoms with Crippen LogP contribution in [0.15, 0.2) is 51.0 Å². The van der Waals surface area contributed by atoms with E-state index in [0.29, 0.717) is 0 Å². The molecule has 0 saturated heterocycles. The molecule has 0 spiro atoms. The van der Waals surface area contributed by atoms with E-state index in [1.165, 1.54) is 37.5 Å². The molecular weight excluding hydrogens is 489 g/mol. The molecule has 6 nitrogen and oxygen atoms in total. The number of halogens is 4. The van der Waals surface area contributed by atoms with E-state index in [-0.39, 0.29) is 45.7 Å². The summed E-state index contributed by atoms with van der Waals surface area (Å²) in [6, 6.07) is 4.22. The summed E-state index contributed by atoms with van der Waals surface area (Å²) in [5, 5.41) is 0.274. The largest absolute Gasteiger partial charge is 0.413 e. The highest BCUT2D eigenvalue weighted by molar-refractivity contribution is 7.93. The number of hydrogen-bond acceptors (Lipinski definition) is 6. The molecule has 1 aromatic rings. The Morgan fingerprint density at radius 1 is 1.34 bits per heavy atom. The van der Waals surface area contributed by atoms with Gasteiger partial charge in [-0.15, -0.1) is 0 Å². The van der Waals surface area contributed by atoms with Gasteiger partial charge in [-0.25, -0.2) is 13.4 Å². The van der Waals surface area contributed by atoms with Crippen molar-refractivity contribution < 1.29 is 30.6 Å². The molecule has 0 radical (unpaired) electrons. The predicted octanol–water partition coefficient (Wildman–Crippen LogP) is 4.56. The second kappa shape index (κ2) is 9.58. The van der Waals surface area contributed by atoms with Crippen LogP contribution in [0.1, 0.15) is 18.9 Å². The van der Waals surface area contributed by atoms with Crippen LogP contribution in [0.4, 0.5) is 13.2 Å². The number of nitrogens with zero attached hydrogens (tertiary/aromatic N) is 2. The lowest BCUT2D eigenvalue weighted by molar-refractivity contribution is -0.132. The Morgan fingerprint density at radius 3 is 2.69 bits per heavy atom. The molecule has 0 fully saturated rings. The Bertz CT molecular complexity index is 1110. The topological polar surface area (TPSA) is 76.0 Å². The molecule has 1 aliphatic heterocycles. The van der Waals surface area contributed by atoms with E-state index >= 15 is 0 Å². The molecule has 1 atom stereocenters. The summed E-state index contributed by atoms with van der Waals surface area (Å²) < 4.78 is 70.8. The lowest BCUT2D eigenvalue weighted by Crippen LogP contribution is -2.41. The number of benzene rings is 1. The molecule has 174 valence electrons. The predicted molar refractivity (Wildman–Crippen MR) is 117 cm³/mol. The summed E-state index contributed by atoms with van der Waals surface area (Å²) >= 11 is 6.96. The van der Waals surface area contributed by atoms with Crippen LogP contribution in [0.3, 0.4) is 0 Å². The average molecular weight is 509 g/mol. The minimum atomic E-state index is -4.62. The van der Waals surface area contributed by atoms with Crippen LogP contribution in [0, 0.1) is 5.92 Å². The Morgan fingerprint density at radius 2 is 2.06 bits per heavy atom. The Labute approximate surface area is 193 Å². The SMILES string of the molecule is CCS(=O)(=O)c1ccc(Cl)cc1CN1C=NC2=CC(COSC)=C(C(F)(F)F)CC2C1=O. The first kappa shape index (κ1) is 24.8. The zero-order valence-electron chi connectivity index (χ0n) is 17.1. The number of amides is 1. The fourth-order valence-corrected chi connectivity index (χ4v) is 5.07. The fraction of sp³-hybridized carbons (Fsp3) is 0.400. The van der Waals surface area contributed by atoms with Crippen molar-refractivity contribution in [3.8, 4) is 0 Å². The highest BCUT2D eigenvalue weighted by atomic mass is 35.5. The summed E-state index contributed by atoms with van der Waals surface area (Å²) in [6.07, 6.45) is -1.15. The number of carbonyl (C=O) groups excluding carboxylic acids is 1. The van der Waals surface area contributed by atoms with Crippen molar-refractivity contribution in [1.82, 2.24) is 4.90 Å². The van der Waals surface area contributed by atoms with E-state index in [0.717, 1.165) is 16.9 Å². The average Bonchev–Trinajstić information content (AvgIpc) is 2.73. The quantitative estimate of drug-likeness (QED) is 0.505. The lowest BCUT2D eigenvalue weighted by Gasteiger charge is -2.33. The van der Waals surface area contributed by atoms with Crippen LogP contribution >= 0.6 is 23.6 Å². The zero-order chi connectivity index (χ0) is 23.7. The van der Waals surface area contributed by atoms with Gasteiger partial charge in [-0.05, 0) is 53.9 Å². The highest BCUT2D eigenvalue weighted by Gasteiger charge is 2.43. The molecular formula is C20H20ClF3N2O4S2. The number of alkyl halides is 3. The summed E-state index contributed by atoms with van der Waals surface area (Å²) in [5.41, 5.74) is -0.417. The van der Waals surface area contributed by atoms with E-state index < -0.39 is 39.8 Å². The molecule has 2 aliphatic rings. The molecule has 1 unspecified atom stereocenters. The third kappa shape index (κ3) is 5.22. The number of rotatable bonds is 7. The van der Waals surface area contributed by atoms with Gasteiger partial charge in [0.25, 0.3) is 0 Å². The zero-order valence-corrected chi connectivity index (χ0v) is 19.5. The first-order chi connectivity index (χ1) is 15.0. The summed E-state index contributed by atoms with van der Waals surface area (Å²) in [6.45, 7) is 1.04. The van der Waals surface area contributed by atoms with E-state index in [1.807, 2.05) is 0 Å². The number of fused-ring (bicyclic) bond motifs is 1. The van der Waals surface area contributed by atoms with Gasteiger partial charge in [0.1, 0.15) is 0 Å². The van der Waals surface area contributed by atoms with Crippen LogP contribution in [-0.2, 0) is 25.4 Å². The minimum absolute atomic E-state index is 0.0166. The van der Waals surface area contributed by atoms with E-state index in [2.05, 4.69) is 4.99 Å². The monoisotopic (exact) mass is 508 g/mol. The molecule has 1 aromatic carbocycles. The normalized spacial score (nSPS) is 19.3. The number of allylic oxidation sites excluding steroid dienone is 1. The fourth-order valence-electron chi connectivity index (χ4n) is 3.52. The first-order valence-electron chi connectivity index (χ1n) is 9.50. The first-order valence-corrected chi connectivity index (χ1v) is 12.7. The molecule has 0 saturated carbocycles. The number of aliphatic imine (C=N–C) groups is 1. The van der Waals surface area contributed by atoms with Crippen molar-refractivity contribution in [2.24, 2.45) is 10.9 Å². The highest BCUT2D eigenvalue weighted by Crippen LogP contribution is 2.41. The molecule has 0 N–H and O–H groups in total. The van der Waals surface area contributed by atoms with Gasteiger partial charge in [0, 0.05) is 16.9 Å². The maximum Gasteiger partial charge on any atom is 0.413 e. The van der Waals surface area contributed by atoms with Gasteiger partial charge < -0.3 is 4.18 Å². The minimum Gasteiger partial charge on any atom is -0.311 e. The van der Waals surface area contributed by atoms with Crippen LogP contribution < -0.4 is 0 Å². The summed E-state index contributed by atoms with van der Waals surface area (Å²) in [4.78, 5) is 18.4. The van der Waals surface area contributed by atoms with Crippen molar-refractivity contribution in [2.75, 3.05) is 18.6 Å². The van der Waals surface area contributed by atoms with E-state index in [4.69, 9.17) is 15.8 Å².